The fourth-order valence-corrected chi connectivity index (χ4v) is 1.39. The van der Waals surface area contributed by atoms with Gasteiger partial charge in [0, 0.05) is 26.6 Å². The summed E-state index contributed by atoms with van der Waals surface area (Å²) in [4.78, 5) is 21.9. The van der Waals surface area contributed by atoms with Gasteiger partial charge in [-0.3, -0.25) is 4.79 Å². The molecule has 0 bridgehead atoms. The minimum atomic E-state index is -0.847. The number of hydrogen-bond acceptors (Lipinski definition) is 4. The molecule has 0 saturated heterocycles. The monoisotopic (exact) mass is 276 g/mol. The van der Waals surface area contributed by atoms with Crippen LogP contribution >= 0.6 is 0 Å². The van der Waals surface area contributed by atoms with E-state index in [1.165, 1.54) is 0 Å². The van der Waals surface area contributed by atoms with Crippen molar-refractivity contribution in [3.8, 4) is 0 Å². The van der Waals surface area contributed by atoms with E-state index in [9.17, 15) is 9.59 Å². The molecular weight excluding hydrogens is 252 g/mol. The summed E-state index contributed by atoms with van der Waals surface area (Å²) in [5.74, 6) is -0.887. The first-order valence-electron chi connectivity index (χ1n) is 6.40. The van der Waals surface area contributed by atoms with Gasteiger partial charge in [-0.2, -0.15) is 0 Å². The van der Waals surface area contributed by atoms with E-state index in [4.69, 9.17) is 14.6 Å². The van der Waals surface area contributed by atoms with Crippen LogP contribution in [0.5, 0.6) is 0 Å². The third kappa shape index (κ3) is 11.5. The number of carboxylic acid groups (broad SMARTS) is 1. The molecule has 0 spiro atoms. The van der Waals surface area contributed by atoms with Crippen molar-refractivity contribution >= 4 is 12.0 Å². The molecule has 0 saturated carbocycles. The average molecular weight is 276 g/mol. The number of urea groups is 1. The van der Waals surface area contributed by atoms with Crippen molar-refractivity contribution in [2.45, 2.75) is 19.8 Å². The molecule has 0 fully saturated rings. The van der Waals surface area contributed by atoms with Gasteiger partial charge in [0.05, 0.1) is 19.8 Å². The second-order valence-electron chi connectivity index (χ2n) is 4.11. The van der Waals surface area contributed by atoms with Crippen LogP contribution in [0, 0.1) is 5.92 Å². The highest BCUT2D eigenvalue weighted by molar-refractivity contribution is 5.74. The maximum atomic E-state index is 11.4. The van der Waals surface area contributed by atoms with Crippen molar-refractivity contribution in [2.24, 2.45) is 5.92 Å². The first-order chi connectivity index (χ1) is 9.10. The molecule has 1 atom stereocenters. The van der Waals surface area contributed by atoms with E-state index in [2.05, 4.69) is 10.6 Å². The minimum absolute atomic E-state index is 0.0406. The highest BCUT2D eigenvalue weighted by atomic mass is 16.5. The molecule has 7 nitrogen and oxygen atoms in total. The summed E-state index contributed by atoms with van der Waals surface area (Å²) < 4.78 is 9.98. The van der Waals surface area contributed by atoms with Crippen molar-refractivity contribution < 1.29 is 24.2 Å². The number of nitrogens with one attached hydrogen (secondary N) is 2. The predicted molar refractivity (Wildman–Crippen MR) is 70.1 cm³/mol. The standard InChI is InChI=1S/C12H24N2O5/c1-3-10(8-11(15)16)9-14-12(17)13-4-5-19-7-6-18-2/h10H,3-9H2,1-2H3,(H,15,16)(H2,13,14,17). The Balaban J connectivity index is 3.54. The molecule has 0 aromatic carbocycles. The normalized spacial score (nSPS) is 11.9. The Bertz CT molecular complexity index is 261. The number of carbonyl (C=O) groups excluding carboxylic acids is 1. The molecule has 1 unspecified atom stereocenters. The molecule has 0 aromatic heterocycles. The number of hydrogen-bond donors (Lipinski definition) is 3. The molecule has 7 heteroatoms. The lowest BCUT2D eigenvalue weighted by molar-refractivity contribution is -0.138. The Hall–Kier alpha value is -1.34. The van der Waals surface area contributed by atoms with E-state index >= 15 is 0 Å². The third-order valence-electron chi connectivity index (χ3n) is 2.56. The Morgan fingerprint density at radius 3 is 2.53 bits per heavy atom. The first kappa shape index (κ1) is 17.7. The molecule has 2 amide bonds. The summed E-state index contributed by atoms with van der Waals surface area (Å²) in [6, 6.07) is -0.306. The maximum Gasteiger partial charge on any atom is 0.314 e. The number of methoxy groups -OCH3 is 1. The van der Waals surface area contributed by atoms with E-state index in [1.807, 2.05) is 6.92 Å². The molecule has 0 aliphatic rings. The van der Waals surface area contributed by atoms with Gasteiger partial charge in [0.1, 0.15) is 0 Å². The van der Waals surface area contributed by atoms with Crippen LogP contribution in [0.3, 0.4) is 0 Å². The first-order valence-corrected chi connectivity index (χ1v) is 6.40. The van der Waals surface area contributed by atoms with Gasteiger partial charge < -0.3 is 25.2 Å². The summed E-state index contributed by atoms with van der Waals surface area (Å²) in [6.45, 7) is 4.11. The molecule has 0 aromatic rings. The fraction of sp³-hybridized carbons (Fsp3) is 0.833. The number of carbonyl (C=O) groups is 2. The van der Waals surface area contributed by atoms with Crippen molar-refractivity contribution in [3.05, 3.63) is 0 Å². The smallest absolute Gasteiger partial charge is 0.314 e. The van der Waals surface area contributed by atoms with Crippen molar-refractivity contribution in [1.29, 1.82) is 0 Å². The largest absolute Gasteiger partial charge is 0.481 e. The Morgan fingerprint density at radius 2 is 1.95 bits per heavy atom. The van der Waals surface area contributed by atoms with Gasteiger partial charge in [0.2, 0.25) is 0 Å². The summed E-state index contributed by atoms with van der Waals surface area (Å²) in [7, 11) is 1.59. The average Bonchev–Trinajstić information content (AvgIpc) is 2.38. The fourth-order valence-electron chi connectivity index (χ4n) is 1.39. The van der Waals surface area contributed by atoms with Gasteiger partial charge in [-0.25, -0.2) is 4.79 Å². The molecule has 0 radical (unpaired) electrons. The highest BCUT2D eigenvalue weighted by Crippen LogP contribution is 2.06. The van der Waals surface area contributed by atoms with Crippen LogP contribution in [-0.2, 0) is 14.3 Å². The minimum Gasteiger partial charge on any atom is -0.481 e. The lowest BCUT2D eigenvalue weighted by Gasteiger charge is -2.14. The van der Waals surface area contributed by atoms with Crippen LogP contribution in [-0.4, -0.2) is 57.1 Å². The van der Waals surface area contributed by atoms with E-state index in [0.29, 0.717) is 39.3 Å². The summed E-state index contributed by atoms with van der Waals surface area (Å²) in [6.07, 6.45) is 0.781. The second-order valence-corrected chi connectivity index (χ2v) is 4.11. The zero-order chi connectivity index (χ0) is 14.5. The van der Waals surface area contributed by atoms with E-state index in [-0.39, 0.29) is 18.4 Å². The van der Waals surface area contributed by atoms with Crippen molar-refractivity contribution in [3.63, 3.8) is 0 Å². The second kappa shape index (κ2) is 11.7. The van der Waals surface area contributed by atoms with Gasteiger partial charge in [-0.05, 0) is 5.92 Å². The molecule has 0 aliphatic heterocycles. The van der Waals surface area contributed by atoms with Gasteiger partial charge >= 0.3 is 12.0 Å². The van der Waals surface area contributed by atoms with E-state index < -0.39 is 5.97 Å². The number of amides is 2. The number of ether oxygens (including phenoxy) is 2. The van der Waals surface area contributed by atoms with Gasteiger partial charge in [-0.1, -0.05) is 13.3 Å². The van der Waals surface area contributed by atoms with Crippen LogP contribution in [0.2, 0.25) is 0 Å². The number of aliphatic carboxylic acids is 1. The topological polar surface area (TPSA) is 96.9 Å². The van der Waals surface area contributed by atoms with Crippen molar-refractivity contribution in [1.82, 2.24) is 10.6 Å². The SMILES string of the molecule is CCC(CNC(=O)NCCOCCOC)CC(=O)O. The quantitative estimate of drug-likeness (QED) is 0.476. The van der Waals surface area contributed by atoms with Crippen LogP contribution in [0.1, 0.15) is 19.8 Å². The highest BCUT2D eigenvalue weighted by Gasteiger charge is 2.12. The van der Waals surface area contributed by atoms with E-state index in [1.54, 1.807) is 7.11 Å². The summed E-state index contributed by atoms with van der Waals surface area (Å²) >= 11 is 0. The Morgan fingerprint density at radius 1 is 1.21 bits per heavy atom. The molecule has 0 heterocycles. The molecule has 19 heavy (non-hydrogen) atoms. The summed E-state index contributed by atoms with van der Waals surface area (Å²) in [5, 5.41) is 13.9. The lowest BCUT2D eigenvalue weighted by Crippen LogP contribution is -2.40. The molecule has 0 aliphatic carbocycles. The van der Waals surface area contributed by atoms with Gasteiger partial charge in [0.25, 0.3) is 0 Å². The number of rotatable bonds is 11. The van der Waals surface area contributed by atoms with Crippen molar-refractivity contribution in [2.75, 3.05) is 40.0 Å². The molecular formula is C12H24N2O5. The molecule has 112 valence electrons. The number of carboxylic acids is 1. The van der Waals surface area contributed by atoms with Crippen LogP contribution in [0.25, 0.3) is 0 Å². The van der Waals surface area contributed by atoms with E-state index in [0.717, 1.165) is 0 Å². The molecule has 0 rings (SSSR count). The predicted octanol–water partition coefficient (Wildman–Crippen LogP) is 0.450. The Kier molecular flexibility index (Phi) is 10.9. The maximum absolute atomic E-state index is 11.4. The summed E-state index contributed by atoms with van der Waals surface area (Å²) in [5.41, 5.74) is 0. The zero-order valence-corrected chi connectivity index (χ0v) is 11.6. The van der Waals surface area contributed by atoms with Crippen LogP contribution in [0.15, 0.2) is 0 Å². The molecule has 3 N–H and O–H groups in total. The van der Waals surface area contributed by atoms with Gasteiger partial charge in [-0.15, -0.1) is 0 Å². The Labute approximate surface area is 113 Å². The van der Waals surface area contributed by atoms with Gasteiger partial charge in [0.15, 0.2) is 0 Å². The van der Waals surface area contributed by atoms with Crippen LogP contribution in [0.4, 0.5) is 4.79 Å². The lowest BCUT2D eigenvalue weighted by atomic mass is 10.0. The zero-order valence-electron chi connectivity index (χ0n) is 11.6. The van der Waals surface area contributed by atoms with Crippen LogP contribution < -0.4 is 10.6 Å². The third-order valence-corrected chi connectivity index (χ3v) is 2.56.